The standard InChI is InChI=1S/C13H11Br2ClN2/c1-7-3-4-17-13(12(7)15)18-11-6-10(16)8(2)5-9(11)14/h3-6H,1-2H3,(H,17,18). The van der Waals surface area contributed by atoms with E-state index in [2.05, 4.69) is 42.2 Å². The van der Waals surface area contributed by atoms with Crippen LogP contribution in [-0.4, -0.2) is 4.98 Å². The Bertz CT molecular complexity index is 600. The summed E-state index contributed by atoms with van der Waals surface area (Å²) in [5.41, 5.74) is 3.05. The van der Waals surface area contributed by atoms with E-state index < -0.39 is 0 Å². The molecule has 0 aliphatic rings. The van der Waals surface area contributed by atoms with Gasteiger partial charge in [0.25, 0.3) is 0 Å². The molecular weight excluding hydrogens is 379 g/mol. The number of anilines is 2. The monoisotopic (exact) mass is 388 g/mol. The van der Waals surface area contributed by atoms with Gasteiger partial charge in [0, 0.05) is 15.7 Å². The number of nitrogens with one attached hydrogen (secondary N) is 1. The van der Waals surface area contributed by atoms with E-state index in [-0.39, 0.29) is 0 Å². The van der Waals surface area contributed by atoms with E-state index in [9.17, 15) is 0 Å². The molecule has 1 heterocycles. The number of aryl methyl sites for hydroxylation is 2. The van der Waals surface area contributed by atoms with E-state index in [1.807, 2.05) is 32.0 Å². The summed E-state index contributed by atoms with van der Waals surface area (Å²) in [6, 6.07) is 5.82. The lowest BCUT2D eigenvalue weighted by Crippen LogP contribution is -1.97. The summed E-state index contributed by atoms with van der Waals surface area (Å²) < 4.78 is 1.91. The molecule has 2 aromatic rings. The van der Waals surface area contributed by atoms with Crippen molar-refractivity contribution in [2.24, 2.45) is 0 Å². The molecule has 0 atom stereocenters. The van der Waals surface area contributed by atoms with Crippen molar-refractivity contribution >= 4 is 55.0 Å². The minimum absolute atomic E-state index is 0.726. The van der Waals surface area contributed by atoms with Gasteiger partial charge in [-0.25, -0.2) is 4.98 Å². The summed E-state index contributed by atoms with van der Waals surface area (Å²) in [6.07, 6.45) is 1.77. The predicted octanol–water partition coefficient (Wildman–Crippen LogP) is 5.62. The molecule has 5 heteroatoms. The highest BCUT2D eigenvalue weighted by atomic mass is 79.9. The number of nitrogens with zero attached hydrogens (tertiary/aromatic N) is 1. The topological polar surface area (TPSA) is 24.9 Å². The molecule has 0 unspecified atom stereocenters. The molecule has 0 spiro atoms. The van der Waals surface area contributed by atoms with Crippen LogP contribution in [0.4, 0.5) is 11.5 Å². The summed E-state index contributed by atoms with van der Waals surface area (Å²) in [4.78, 5) is 4.31. The maximum Gasteiger partial charge on any atom is 0.144 e. The fourth-order valence-electron chi connectivity index (χ4n) is 1.50. The normalized spacial score (nSPS) is 10.5. The maximum atomic E-state index is 6.13. The lowest BCUT2D eigenvalue weighted by Gasteiger charge is -2.12. The van der Waals surface area contributed by atoms with Gasteiger partial charge in [-0.05, 0) is 75.0 Å². The van der Waals surface area contributed by atoms with Crippen LogP contribution in [0.5, 0.6) is 0 Å². The van der Waals surface area contributed by atoms with E-state index >= 15 is 0 Å². The molecular formula is C13H11Br2ClN2. The molecule has 18 heavy (non-hydrogen) atoms. The molecule has 2 rings (SSSR count). The Labute approximate surface area is 128 Å². The van der Waals surface area contributed by atoms with Crippen molar-refractivity contribution < 1.29 is 0 Å². The quantitative estimate of drug-likeness (QED) is 0.720. The van der Waals surface area contributed by atoms with Crippen molar-refractivity contribution in [3.63, 3.8) is 0 Å². The fourth-order valence-corrected chi connectivity index (χ4v) is 2.55. The molecule has 1 N–H and O–H groups in total. The van der Waals surface area contributed by atoms with Gasteiger partial charge in [-0.1, -0.05) is 11.6 Å². The van der Waals surface area contributed by atoms with Gasteiger partial charge in [0.15, 0.2) is 0 Å². The first kappa shape index (κ1) is 13.8. The van der Waals surface area contributed by atoms with Crippen molar-refractivity contribution in [2.45, 2.75) is 13.8 Å². The average molecular weight is 391 g/mol. The molecule has 2 nitrogen and oxygen atoms in total. The Hall–Kier alpha value is -0.580. The highest BCUT2D eigenvalue weighted by Gasteiger charge is 2.08. The maximum absolute atomic E-state index is 6.13. The lowest BCUT2D eigenvalue weighted by atomic mass is 10.2. The second-order valence-corrected chi connectivity index (χ2v) is 6.05. The second-order valence-electron chi connectivity index (χ2n) is 4.00. The molecule has 0 bridgehead atoms. The van der Waals surface area contributed by atoms with Gasteiger partial charge in [0.05, 0.1) is 10.2 Å². The number of hydrogen-bond acceptors (Lipinski definition) is 2. The van der Waals surface area contributed by atoms with E-state index in [1.54, 1.807) is 6.20 Å². The highest BCUT2D eigenvalue weighted by Crippen LogP contribution is 2.33. The van der Waals surface area contributed by atoms with Gasteiger partial charge in [0.2, 0.25) is 0 Å². The molecule has 0 radical (unpaired) electrons. The molecule has 1 aromatic heterocycles. The number of pyridine rings is 1. The number of aromatic nitrogens is 1. The number of halogens is 3. The molecule has 0 aliphatic heterocycles. The molecule has 1 aromatic carbocycles. The fraction of sp³-hybridized carbons (Fsp3) is 0.154. The zero-order chi connectivity index (χ0) is 13.3. The molecule has 0 amide bonds. The number of hydrogen-bond donors (Lipinski definition) is 1. The van der Waals surface area contributed by atoms with Crippen LogP contribution in [-0.2, 0) is 0 Å². The van der Waals surface area contributed by atoms with Gasteiger partial charge < -0.3 is 5.32 Å². The Morgan fingerprint density at radius 2 is 1.89 bits per heavy atom. The minimum Gasteiger partial charge on any atom is -0.338 e. The first-order chi connectivity index (χ1) is 8.49. The minimum atomic E-state index is 0.726. The average Bonchev–Trinajstić information content (AvgIpc) is 2.32. The predicted molar refractivity (Wildman–Crippen MR) is 83.8 cm³/mol. The molecule has 0 saturated carbocycles. The van der Waals surface area contributed by atoms with Crippen LogP contribution in [0.3, 0.4) is 0 Å². The summed E-state index contributed by atoms with van der Waals surface area (Å²) >= 11 is 13.2. The van der Waals surface area contributed by atoms with Crippen LogP contribution < -0.4 is 5.32 Å². The van der Waals surface area contributed by atoms with Crippen LogP contribution in [0.15, 0.2) is 33.3 Å². The third kappa shape index (κ3) is 2.87. The molecule has 0 fully saturated rings. The first-order valence-electron chi connectivity index (χ1n) is 5.33. The SMILES string of the molecule is Cc1cc(Br)c(Nc2nccc(C)c2Br)cc1Cl. The highest BCUT2D eigenvalue weighted by molar-refractivity contribution is 9.11. The van der Waals surface area contributed by atoms with Crippen LogP contribution in [0.2, 0.25) is 5.02 Å². The lowest BCUT2D eigenvalue weighted by molar-refractivity contribution is 1.25. The van der Waals surface area contributed by atoms with Crippen LogP contribution in [0.25, 0.3) is 0 Å². The van der Waals surface area contributed by atoms with Gasteiger partial charge in [-0.2, -0.15) is 0 Å². The smallest absolute Gasteiger partial charge is 0.144 e. The third-order valence-electron chi connectivity index (χ3n) is 2.58. The zero-order valence-corrected chi connectivity index (χ0v) is 13.8. The van der Waals surface area contributed by atoms with Crippen LogP contribution in [0, 0.1) is 13.8 Å². The van der Waals surface area contributed by atoms with Gasteiger partial charge in [0.1, 0.15) is 5.82 Å². The summed E-state index contributed by atoms with van der Waals surface area (Å²) in [5, 5.41) is 3.99. The number of rotatable bonds is 2. The Morgan fingerprint density at radius 1 is 1.17 bits per heavy atom. The Balaban J connectivity index is 2.40. The van der Waals surface area contributed by atoms with Crippen molar-refractivity contribution in [2.75, 3.05) is 5.32 Å². The summed E-state index contributed by atoms with van der Waals surface area (Å²) in [6.45, 7) is 3.99. The van der Waals surface area contributed by atoms with E-state index in [0.29, 0.717) is 0 Å². The largest absolute Gasteiger partial charge is 0.338 e. The van der Waals surface area contributed by atoms with Gasteiger partial charge in [-0.15, -0.1) is 0 Å². The van der Waals surface area contributed by atoms with E-state index in [1.165, 1.54) is 0 Å². The summed E-state index contributed by atoms with van der Waals surface area (Å²) in [5.74, 6) is 0.774. The molecule has 94 valence electrons. The van der Waals surface area contributed by atoms with Crippen molar-refractivity contribution in [1.82, 2.24) is 4.98 Å². The van der Waals surface area contributed by atoms with Crippen LogP contribution >= 0.6 is 43.5 Å². The van der Waals surface area contributed by atoms with E-state index in [0.717, 1.165) is 36.6 Å². The zero-order valence-electron chi connectivity index (χ0n) is 9.89. The van der Waals surface area contributed by atoms with Gasteiger partial charge in [-0.3, -0.25) is 0 Å². The molecule has 0 aliphatic carbocycles. The van der Waals surface area contributed by atoms with Crippen molar-refractivity contribution in [1.29, 1.82) is 0 Å². The molecule has 0 saturated heterocycles. The second kappa shape index (κ2) is 5.59. The number of benzene rings is 1. The summed E-state index contributed by atoms with van der Waals surface area (Å²) in [7, 11) is 0. The van der Waals surface area contributed by atoms with Crippen molar-refractivity contribution in [3.05, 3.63) is 49.5 Å². The Kier molecular flexibility index (Phi) is 4.30. The van der Waals surface area contributed by atoms with Crippen molar-refractivity contribution in [3.8, 4) is 0 Å². The van der Waals surface area contributed by atoms with E-state index in [4.69, 9.17) is 11.6 Å². The third-order valence-corrected chi connectivity index (χ3v) is 4.65. The van der Waals surface area contributed by atoms with Gasteiger partial charge >= 0.3 is 0 Å². The van der Waals surface area contributed by atoms with Crippen LogP contribution in [0.1, 0.15) is 11.1 Å². The Morgan fingerprint density at radius 3 is 2.61 bits per heavy atom. The first-order valence-corrected chi connectivity index (χ1v) is 7.29.